The van der Waals surface area contributed by atoms with Crippen LogP contribution in [0.2, 0.25) is 0 Å². The number of fused-ring (bicyclic) bond motifs is 1. The van der Waals surface area contributed by atoms with Crippen LogP contribution >= 0.6 is 0 Å². The van der Waals surface area contributed by atoms with Gasteiger partial charge in [0.1, 0.15) is 17.6 Å². The number of benzene rings is 1. The number of imidazole rings is 1. The first kappa shape index (κ1) is 28.0. The van der Waals surface area contributed by atoms with Crippen LogP contribution in [-0.2, 0) is 22.1 Å². The van der Waals surface area contributed by atoms with Crippen LogP contribution in [0.15, 0.2) is 53.5 Å². The average molecular weight is 531 g/mol. The van der Waals surface area contributed by atoms with Gasteiger partial charge in [-0.1, -0.05) is 32.1 Å². The number of alkyl halides is 2. The molecule has 3 rings (SSSR count). The first-order chi connectivity index (χ1) is 17.9. The smallest absolute Gasteiger partial charge is 0.405 e. The van der Waals surface area contributed by atoms with Gasteiger partial charge in [-0.15, -0.1) is 0 Å². The maximum absolute atomic E-state index is 14.7. The van der Waals surface area contributed by atoms with E-state index < -0.39 is 41.3 Å². The molecule has 0 saturated carbocycles. The third-order valence-electron chi connectivity index (χ3n) is 5.76. The van der Waals surface area contributed by atoms with Crippen molar-refractivity contribution in [2.45, 2.75) is 45.2 Å². The Labute approximate surface area is 215 Å². The van der Waals surface area contributed by atoms with E-state index in [0.29, 0.717) is 5.52 Å². The Morgan fingerprint density at radius 3 is 2.63 bits per heavy atom. The normalized spacial score (nSPS) is 12.7. The number of nitrogens with one attached hydrogen (secondary N) is 3. The minimum atomic E-state index is -3.11. The number of amides is 3. The maximum atomic E-state index is 14.7. The molecule has 2 heterocycles. The van der Waals surface area contributed by atoms with Gasteiger partial charge in [0.05, 0.1) is 17.6 Å². The Bertz CT molecular complexity index is 1430. The van der Waals surface area contributed by atoms with Crippen molar-refractivity contribution in [3.63, 3.8) is 0 Å². The number of pyridine rings is 1. The van der Waals surface area contributed by atoms with Gasteiger partial charge in [0, 0.05) is 17.7 Å². The molecule has 0 aliphatic rings. The predicted molar refractivity (Wildman–Crippen MR) is 136 cm³/mol. The van der Waals surface area contributed by atoms with E-state index in [9.17, 15) is 28.0 Å². The van der Waals surface area contributed by atoms with Crippen molar-refractivity contribution in [3.8, 4) is 0 Å². The minimum Gasteiger partial charge on any atom is -0.465 e. The summed E-state index contributed by atoms with van der Waals surface area (Å²) in [5.74, 6) is -5.27. The Kier molecular flexibility index (Phi) is 8.61. The van der Waals surface area contributed by atoms with Crippen molar-refractivity contribution in [2.24, 2.45) is 11.7 Å². The van der Waals surface area contributed by atoms with Crippen molar-refractivity contribution >= 4 is 34.6 Å². The maximum Gasteiger partial charge on any atom is 0.405 e. The number of H-pyrrole nitrogens is 1. The molecule has 6 N–H and O–H groups in total. The molecule has 0 saturated heterocycles. The van der Waals surface area contributed by atoms with E-state index in [0.717, 1.165) is 6.08 Å². The van der Waals surface area contributed by atoms with Crippen LogP contribution in [0.3, 0.4) is 0 Å². The topological polar surface area (TPSA) is 172 Å². The average Bonchev–Trinajstić information content (AvgIpc) is 3.25. The Morgan fingerprint density at radius 2 is 1.97 bits per heavy atom. The summed E-state index contributed by atoms with van der Waals surface area (Å²) in [5, 5.41) is 13.5. The van der Waals surface area contributed by atoms with Crippen molar-refractivity contribution in [2.75, 3.05) is 5.32 Å². The number of aromatic nitrogens is 3. The number of hydrogen-bond donors (Lipinski definition) is 5. The van der Waals surface area contributed by atoms with Gasteiger partial charge < -0.3 is 31.0 Å². The molecule has 3 aromatic rings. The largest absolute Gasteiger partial charge is 0.465 e. The lowest BCUT2D eigenvalue weighted by Crippen LogP contribution is -2.44. The summed E-state index contributed by atoms with van der Waals surface area (Å²) in [7, 11) is 0. The third kappa shape index (κ3) is 6.60. The number of para-hydroxylation sites is 1. The molecule has 1 unspecified atom stereocenters. The summed E-state index contributed by atoms with van der Waals surface area (Å²) in [5.41, 5.74) is 4.55. The van der Waals surface area contributed by atoms with E-state index in [1.54, 1.807) is 6.07 Å². The second-order valence-corrected chi connectivity index (χ2v) is 8.89. The number of primary amides is 1. The third-order valence-corrected chi connectivity index (χ3v) is 5.76. The number of carbonyl (C=O) groups excluding carboxylic acids is 2. The summed E-state index contributed by atoms with van der Waals surface area (Å²) in [6.07, 6.45) is 2.67. The summed E-state index contributed by atoms with van der Waals surface area (Å²) >= 11 is 0. The molecule has 1 aromatic carbocycles. The SMILES string of the molecule is CC(C)C(F)(F)c1cccc2[nH]c(Cn3cccc(NC(=O)C(CCC=CC(N)=O)NC(=O)O)c3=O)nc12. The lowest BCUT2D eigenvalue weighted by Gasteiger charge is -2.20. The van der Waals surface area contributed by atoms with Crippen LogP contribution in [0.4, 0.5) is 19.3 Å². The van der Waals surface area contributed by atoms with E-state index in [4.69, 9.17) is 10.8 Å². The number of hydrogen-bond acceptors (Lipinski definition) is 5. The monoisotopic (exact) mass is 530 g/mol. The Balaban J connectivity index is 1.82. The number of halogens is 2. The van der Waals surface area contributed by atoms with E-state index in [1.807, 2.05) is 0 Å². The van der Waals surface area contributed by atoms with Crippen molar-refractivity contribution in [1.29, 1.82) is 0 Å². The predicted octanol–water partition coefficient (Wildman–Crippen LogP) is 2.92. The fourth-order valence-electron chi connectivity index (χ4n) is 3.76. The number of nitrogens with zero attached hydrogens (tertiary/aromatic N) is 2. The highest BCUT2D eigenvalue weighted by atomic mass is 19.3. The highest BCUT2D eigenvalue weighted by Crippen LogP contribution is 2.38. The first-order valence-electron chi connectivity index (χ1n) is 11.7. The van der Waals surface area contributed by atoms with Gasteiger partial charge in [0.25, 0.3) is 11.5 Å². The molecule has 13 heteroatoms. The van der Waals surface area contributed by atoms with Crippen LogP contribution in [0.1, 0.15) is 38.1 Å². The van der Waals surface area contributed by atoms with Gasteiger partial charge in [0.15, 0.2) is 0 Å². The van der Waals surface area contributed by atoms with Crippen LogP contribution < -0.4 is 21.9 Å². The quantitative estimate of drug-likeness (QED) is 0.238. The molecule has 0 spiro atoms. The second kappa shape index (κ2) is 11.7. The lowest BCUT2D eigenvalue weighted by molar-refractivity contribution is -0.118. The molecule has 0 aliphatic heterocycles. The van der Waals surface area contributed by atoms with Crippen molar-refractivity contribution < 1.29 is 28.3 Å². The molecule has 0 fully saturated rings. The van der Waals surface area contributed by atoms with E-state index in [-0.39, 0.29) is 42.0 Å². The number of aromatic amines is 1. The second-order valence-electron chi connectivity index (χ2n) is 8.89. The molecule has 0 aliphatic carbocycles. The molecule has 0 bridgehead atoms. The van der Waals surface area contributed by atoms with Gasteiger partial charge in [-0.2, -0.15) is 0 Å². The zero-order valence-electron chi connectivity index (χ0n) is 20.7. The van der Waals surface area contributed by atoms with Crippen LogP contribution in [0.25, 0.3) is 11.0 Å². The number of carbonyl (C=O) groups is 3. The molecule has 38 heavy (non-hydrogen) atoms. The molecule has 0 radical (unpaired) electrons. The molecule has 11 nitrogen and oxygen atoms in total. The van der Waals surface area contributed by atoms with Gasteiger partial charge in [-0.25, -0.2) is 18.6 Å². The summed E-state index contributed by atoms with van der Waals surface area (Å²) in [4.78, 5) is 54.9. The van der Waals surface area contributed by atoms with Crippen LogP contribution in [0.5, 0.6) is 0 Å². The van der Waals surface area contributed by atoms with Crippen molar-refractivity contribution in [1.82, 2.24) is 19.9 Å². The molecule has 1 atom stereocenters. The Morgan fingerprint density at radius 1 is 1.24 bits per heavy atom. The molecule has 3 amide bonds. The van der Waals surface area contributed by atoms with Gasteiger partial charge in [-0.3, -0.25) is 14.4 Å². The Hall–Kier alpha value is -4.55. The summed E-state index contributed by atoms with van der Waals surface area (Å²) in [6.45, 7) is 2.73. The molecule has 202 valence electrons. The molecular weight excluding hydrogens is 502 g/mol. The van der Waals surface area contributed by atoms with E-state index in [2.05, 4.69) is 20.6 Å². The number of carboxylic acid groups (broad SMARTS) is 1. The number of rotatable bonds is 11. The van der Waals surface area contributed by atoms with Crippen LogP contribution in [0, 0.1) is 5.92 Å². The highest BCUT2D eigenvalue weighted by molar-refractivity contribution is 5.96. The fourth-order valence-corrected chi connectivity index (χ4v) is 3.76. The minimum absolute atomic E-state index is 0.00522. The summed E-state index contributed by atoms with van der Waals surface area (Å²) < 4.78 is 30.7. The fraction of sp³-hybridized carbons (Fsp3) is 0.320. The zero-order chi connectivity index (χ0) is 28.0. The number of allylic oxidation sites excluding steroid dienone is 1. The molecular formula is C25H28F2N6O5. The van der Waals surface area contributed by atoms with Crippen molar-refractivity contribution in [3.05, 3.63) is 70.4 Å². The van der Waals surface area contributed by atoms with Gasteiger partial charge in [0.2, 0.25) is 11.8 Å². The lowest BCUT2D eigenvalue weighted by atomic mass is 9.97. The number of anilines is 1. The first-order valence-corrected chi connectivity index (χ1v) is 11.7. The highest BCUT2D eigenvalue weighted by Gasteiger charge is 2.37. The van der Waals surface area contributed by atoms with Gasteiger partial charge >= 0.3 is 6.09 Å². The van der Waals surface area contributed by atoms with Crippen LogP contribution in [-0.4, -0.2) is 43.6 Å². The van der Waals surface area contributed by atoms with E-state index in [1.165, 1.54) is 55.0 Å². The zero-order valence-corrected chi connectivity index (χ0v) is 20.7. The standard InChI is InChI=1S/C25H28F2N6O5/c1-14(2)25(26,27)15-7-5-9-16-21(15)32-20(29-16)13-33-12-6-10-18(23(33)36)30-22(35)17(31-24(37)38)8-3-4-11-19(28)34/h4-7,9-12,14,17,31H,3,8,13H2,1-2H3,(H2,28,34)(H,29,32)(H,30,35)(H,37,38). The van der Waals surface area contributed by atoms with Gasteiger partial charge in [-0.05, 0) is 37.1 Å². The summed E-state index contributed by atoms with van der Waals surface area (Å²) in [6, 6.07) is 6.06. The molecule has 2 aromatic heterocycles. The van der Waals surface area contributed by atoms with E-state index >= 15 is 0 Å². The number of nitrogens with two attached hydrogens (primary N) is 1.